The summed E-state index contributed by atoms with van der Waals surface area (Å²) in [5, 5.41) is 89.4. The first kappa shape index (κ1) is 59.2. The van der Waals surface area contributed by atoms with Crippen LogP contribution in [0.5, 0.6) is 0 Å². The van der Waals surface area contributed by atoms with Gasteiger partial charge in [-0.05, 0) is 218 Å². The molecular weight excluding hydrogens is 1040 g/mol. The van der Waals surface area contributed by atoms with E-state index in [1.165, 1.54) is 0 Å². The molecule has 19 heteroatoms. The quantitative estimate of drug-likeness (QED) is 0.0301. The summed E-state index contributed by atoms with van der Waals surface area (Å²) in [7, 11) is 0. The van der Waals surface area contributed by atoms with Gasteiger partial charge in [-0.3, -0.25) is 9.59 Å². The molecule has 2 aromatic heterocycles. The zero-order valence-corrected chi connectivity index (χ0v) is 49.4. The summed E-state index contributed by atoms with van der Waals surface area (Å²) in [6.45, 7) is 14.4. The number of nitrogens with zero attached hydrogens (tertiary/aromatic N) is 9. The van der Waals surface area contributed by atoms with E-state index in [-0.39, 0.29) is 149 Å². The Kier molecular flexibility index (Phi) is 16.9. The van der Waals surface area contributed by atoms with E-state index < -0.39 is 24.4 Å². The largest absolute Gasteiger partial charge is 0.459 e. The predicted octanol–water partition coefficient (Wildman–Crippen LogP) is 8.62. The van der Waals surface area contributed by atoms with Crippen molar-refractivity contribution in [1.29, 1.82) is 0 Å². The fourth-order valence-corrected chi connectivity index (χ4v) is 20.4. The third-order valence-electron chi connectivity index (χ3n) is 24.7. The molecule has 8 aliphatic carbocycles. The zero-order chi connectivity index (χ0) is 58.0. The number of aliphatic hydroxyl groups is 6. The number of carbonyl (C=O) groups is 2. The van der Waals surface area contributed by atoms with Gasteiger partial charge >= 0.3 is 11.9 Å². The number of benzene rings is 1. The summed E-state index contributed by atoms with van der Waals surface area (Å²) in [6, 6.07) is 5.89. The number of aromatic nitrogens is 6. The van der Waals surface area contributed by atoms with Crippen LogP contribution in [0.1, 0.15) is 185 Å². The first-order valence-electron chi connectivity index (χ1n) is 31.4. The van der Waals surface area contributed by atoms with Gasteiger partial charge in [0.05, 0.1) is 68.7 Å². The second kappa shape index (κ2) is 23.4. The number of carbonyl (C=O) groups excluding carboxylic acids is 2. The van der Waals surface area contributed by atoms with Crippen LogP contribution in [0.2, 0.25) is 0 Å². The van der Waals surface area contributed by atoms with E-state index in [9.17, 15) is 40.2 Å². The van der Waals surface area contributed by atoms with Gasteiger partial charge in [0.25, 0.3) is 0 Å². The fraction of sp³-hybridized carbons (Fsp3) is 0.810. The molecule has 0 bridgehead atoms. The molecule has 11 rings (SSSR count). The normalized spacial score (nSPS) is 40.9. The Morgan fingerprint density at radius 2 is 1.05 bits per heavy atom. The molecule has 2 heterocycles. The van der Waals surface area contributed by atoms with Gasteiger partial charge in [0.2, 0.25) is 0 Å². The van der Waals surface area contributed by atoms with Crippen molar-refractivity contribution in [2.75, 3.05) is 0 Å². The van der Waals surface area contributed by atoms with E-state index in [0.717, 1.165) is 93.7 Å². The van der Waals surface area contributed by atoms with Crippen LogP contribution in [0.3, 0.4) is 0 Å². The Balaban J connectivity index is 0.635. The van der Waals surface area contributed by atoms with E-state index in [4.69, 9.17) is 15.0 Å². The first-order chi connectivity index (χ1) is 39.1. The van der Waals surface area contributed by atoms with E-state index in [0.29, 0.717) is 50.2 Å². The van der Waals surface area contributed by atoms with Crippen LogP contribution in [-0.4, -0.2) is 109 Å². The van der Waals surface area contributed by atoms with Crippen molar-refractivity contribution in [2.45, 2.75) is 227 Å². The van der Waals surface area contributed by atoms with Crippen LogP contribution in [0, 0.1) is 92.7 Å². The van der Waals surface area contributed by atoms with Crippen LogP contribution in [-0.2, 0) is 51.9 Å². The highest BCUT2D eigenvalue weighted by molar-refractivity contribution is 5.69. The number of fused-ring (bicyclic) bond motifs is 10. The van der Waals surface area contributed by atoms with Crippen molar-refractivity contribution < 1.29 is 49.7 Å². The molecule has 82 heavy (non-hydrogen) atoms. The number of hydrogen-bond donors (Lipinski definition) is 6. The first-order valence-corrected chi connectivity index (χ1v) is 31.4. The Hall–Kier alpha value is -4.49. The lowest BCUT2D eigenvalue weighted by atomic mass is 9.43. The lowest BCUT2D eigenvalue weighted by Crippen LogP contribution is -2.62. The van der Waals surface area contributed by atoms with E-state index >= 15 is 0 Å². The van der Waals surface area contributed by atoms with Gasteiger partial charge in [-0.25, -0.2) is 9.36 Å². The summed E-state index contributed by atoms with van der Waals surface area (Å²) in [4.78, 5) is 29.4. The monoisotopic (exact) mass is 1140 g/mol. The number of esters is 2. The van der Waals surface area contributed by atoms with Gasteiger partial charge in [0, 0.05) is 17.8 Å². The lowest BCUT2D eigenvalue weighted by molar-refractivity contribution is -0.207. The topological polar surface area (TPSA) is 284 Å². The maximum Gasteiger partial charge on any atom is 0.306 e. The Morgan fingerprint density at radius 3 is 1.48 bits per heavy atom. The molecule has 22 atom stereocenters. The summed E-state index contributed by atoms with van der Waals surface area (Å²) >= 11 is 0. The molecular formula is C63H93N9O10. The molecule has 0 radical (unpaired) electrons. The van der Waals surface area contributed by atoms with Crippen LogP contribution in [0.4, 0.5) is 0 Å². The summed E-state index contributed by atoms with van der Waals surface area (Å²) in [5.41, 5.74) is 12.1. The Morgan fingerprint density at radius 1 is 0.622 bits per heavy atom. The SMILES string of the molecule is C[C@H](CCC(=O)OCc1cn(Cc2cc(CN=[N+]=[N-])cc(Cn3cc(COC(=O)CC[C@@H](C)[C@H]4CC[C@H]5[C@@H]6[C@H](O)C[C@@H]7C[C@H](O)CC[C@]7(C)[C@H]6C[C@H](O)[C@]45C)nn3)c2)nn1)[C@H]1CC[C@H]2[C@@H]3[C@H](O)C[C@@H]4C[C@H](O)CC[C@]4(C)[C@H]3C[C@H](O)[C@]12C. The average Bonchev–Trinajstić information content (AvgIpc) is 1.96. The number of aliphatic hydroxyl groups excluding tert-OH is 6. The van der Waals surface area contributed by atoms with Gasteiger partial charge in [-0.1, -0.05) is 75.3 Å². The number of rotatable bonds is 18. The van der Waals surface area contributed by atoms with Crippen molar-refractivity contribution in [1.82, 2.24) is 30.0 Å². The molecule has 6 N–H and O–H groups in total. The summed E-state index contributed by atoms with van der Waals surface area (Å²) in [6.07, 6.45) is 14.4. The molecule has 0 unspecified atom stereocenters. The molecule has 8 saturated carbocycles. The smallest absolute Gasteiger partial charge is 0.306 e. The number of azide groups is 1. The maximum atomic E-state index is 13.2. The van der Waals surface area contributed by atoms with Gasteiger partial charge in [-0.15, -0.1) is 10.2 Å². The Bertz CT molecular complexity index is 2650. The third-order valence-corrected chi connectivity index (χ3v) is 24.7. The van der Waals surface area contributed by atoms with E-state index in [2.05, 4.69) is 72.2 Å². The molecule has 8 fully saturated rings. The van der Waals surface area contributed by atoms with Crippen molar-refractivity contribution in [3.8, 4) is 0 Å². The fourth-order valence-electron chi connectivity index (χ4n) is 20.4. The minimum absolute atomic E-state index is 0.0194. The van der Waals surface area contributed by atoms with Crippen molar-refractivity contribution in [3.05, 3.63) is 69.1 Å². The Labute approximate surface area is 483 Å². The van der Waals surface area contributed by atoms with Crippen LogP contribution in [0.25, 0.3) is 10.4 Å². The number of hydrogen-bond acceptors (Lipinski definition) is 15. The predicted molar refractivity (Wildman–Crippen MR) is 302 cm³/mol. The van der Waals surface area contributed by atoms with Gasteiger partial charge in [0.15, 0.2) is 0 Å². The molecule has 0 spiro atoms. The average molecular weight is 1140 g/mol. The molecule has 0 amide bonds. The highest BCUT2D eigenvalue weighted by Crippen LogP contribution is 2.70. The van der Waals surface area contributed by atoms with E-state index in [1.807, 2.05) is 18.2 Å². The van der Waals surface area contributed by atoms with Crippen molar-refractivity contribution in [3.63, 3.8) is 0 Å². The summed E-state index contributed by atoms with van der Waals surface area (Å²) in [5.74, 6) is 1.90. The highest BCUT2D eigenvalue weighted by Gasteiger charge is 2.67. The van der Waals surface area contributed by atoms with Gasteiger partial charge < -0.3 is 40.1 Å². The van der Waals surface area contributed by atoms with Gasteiger partial charge in [-0.2, -0.15) is 0 Å². The molecule has 8 aliphatic rings. The highest BCUT2D eigenvalue weighted by atomic mass is 16.5. The second-order valence-corrected chi connectivity index (χ2v) is 28.8. The minimum Gasteiger partial charge on any atom is -0.459 e. The standard InChI is InChI=1S/C63H93N9O10/c1-35(46-9-11-48-58-50(26-54(77)62(46,48)5)60(3)17-15-44(73)22-40(60)24-52(58)75)7-13-56(79)81-33-42-31-71(69-66-42)29-38-19-37(28-65-68-64)20-39(21-38)30-72-32-43(67-70-72)34-82-57(80)14-8-36(2)47-10-12-49-59-51(27-55(78)63(47,49)6)61(4)18-16-45(74)23-41(61)25-53(59)76/h19-21,31-32,35-36,40-41,44-55,58-59,73-78H,7-18,22-30,33-34H2,1-6H3/t35-,36-,40+,41+,44-,45-,46-,47-,48+,49+,50+,51+,52-,53-,54+,55+,58+,59+,60+,61+,62-,63-/m1/s1. The van der Waals surface area contributed by atoms with Crippen LogP contribution >= 0.6 is 0 Å². The van der Waals surface area contributed by atoms with Crippen molar-refractivity contribution in [2.24, 2.45) is 97.8 Å². The minimum atomic E-state index is -0.484. The lowest BCUT2D eigenvalue weighted by Gasteiger charge is -2.63. The molecule has 19 nitrogen and oxygen atoms in total. The maximum absolute atomic E-state index is 13.2. The van der Waals surface area contributed by atoms with E-state index in [1.54, 1.807) is 21.8 Å². The number of ether oxygens (including phenoxy) is 2. The van der Waals surface area contributed by atoms with Crippen LogP contribution in [0.15, 0.2) is 35.7 Å². The molecule has 1 aromatic carbocycles. The molecule has 0 saturated heterocycles. The van der Waals surface area contributed by atoms with Gasteiger partial charge in [0.1, 0.15) is 24.6 Å². The summed E-state index contributed by atoms with van der Waals surface area (Å²) < 4.78 is 14.8. The molecule has 0 aliphatic heterocycles. The second-order valence-electron chi connectivity index (χ2n) is 28.8. The van der Waals surface area contributed by atoms with Crippen LogP contribution < -0.4 is 0 Å². The zero-order valence-electron chi connectivity index (χ0n) is 49.4. The third kappa shape index (κ3) is 11.0. The molecule has 450 valence electrons. The molecule has 3 aromatic rings. The van der Waals surface area contributed by atoms with Crippen molar-refractivity contribution >= 4 is 11.9 Å².